The Bertz CT molecular complexity index is 2370. The number of carbonyl (C=O) groups excluding carboxylic acids is 2. The Morgan fingerprint density at radius 1 is 1.09 bits per heavy atom. The van der Waals surface area contributed by atoms with Gasteiger partial charge in [0.05, 0.1) is 35.1 Å². The van der Waals surface area contributed by atoms with Crippen molar-refractivity contribution in [3.8, 4) is 5.75 Å². The van der Waals surface area contributed by atoms with Crippen molar-refractivity contribution in [2.24, 2.45) is 0 Å². The molecule has 1 saturated heterocycles. The maximum absolute atomic E-state index is 14.6. The molecule has 276 valence electrons. The van der Waals surface area contributed by atoms with Crippen LogP contribution in [0.4, 0.5) is 24.8 Å². The summed E-state index contributed by atoms with van der Waals surface area (Å²) in [5.74, 6) is -0.496. The van der Waals surface area contributed by atoms with Gasteiger partial charge in [0.2, 0.25) is 17.6 Å². The van der Waals surface area contributed by atoms with Crippen molar-refractivity contribution in [3.63, 3.8) is 0 Å². The maximum Gasteiger partial charge on any atom is 0.416 e. The lowest BCUT2D eigenvalue weighted by atomic mass is 9.73. The molecule has 1 spiro atoms. The molecule has 1 atom stereocenters. The number of fused-ring (bicyclic) bond motifs is 4. The van der Waals surface area contributed by atoms with E-state index < -0.39 is 29.0 Å². The predicted molar refractivity (Wildman–Crippen MR) is 182 cm³/mol. The molecule has 53 heavy (non-hydrogen) atoms. The van der Waals surface area contributed by atoms with E-state index in [0.29, 0.717) is 56.0 Å². The zero-order valence-electron chi connectivity index (χ0n) is 28.4. The Morgan fingerprint density at radius 3 is 2.60 bits per heavy atom. The zero-order chi connectivity index (χ0) is 37.4. The van der Waals surface area contributed by atoms with Gasteiger partial charge in [0, 0.05) is 36.3 Å². The van der Waals surface area contributed by atoms with Gasteiger partial charge in [-0.3, -0.25) is 14.4 Å². The molecule has 0 bridgehead atoms. The van der Waals surface area contributed by atoms with Crippen LogP contribution in [0.25, 0.3) is 5.78 Å². The number of aromatic hydroxyl groups is 1. The van der Waals surface area contributed by atoms with Gasteiger partial charge in [-0.15, -0.1) is 5.10 Å². The summed E-state index contributed by atoms with van der Waals surface area (Å²) in [5, 5.41) is 21.7. The first-order valence-electron chi connectivity index (χ1n) is 16.9. The number of hydrogen-bond donors (Lipinski definition) is 2. The Labute approximate surface area is 303 Å². The third kappa shape index (κ3) is 5.82. The second kappa shape index (κ2) is 12.5. The molecule has 16 nitrogen and oxygen atoms in total. The van der Waals surface area contributed by atoms with Crippen LogP contribution in [-0.4, -0.2) is 85.4 Å². The first-order chi connectivity index (χ1) is 25.2. The lowest BCUT2D eigenvalue weighted by molar-refractivity contribution is -0.137. The normalized spacial score (nSPS) is 18.0. The van der Waals surface area contributed by atoms with Crippen LogP contribution in [0.15, 0.2) is 35.6 Å². The fraction of sp³-hybridized carbons (Fsp3) is 0.424. The number of alkyl halides is 3. The number of likely N-dealkylation sites (tertiary alicyclic amines) is 1. The van der Waals surface area contributed by atoms with Crippen LogP contribution in [0.3, 0.4) is 0 Å². The SMILES string of the molecule is Cc1ncnc(C(=O)N2CCC3(CC2)CC(C)c2c3c(=O)n3nc(N4CCn5ncnc5C4)nc3n2CC(=O)Nc2ccc(C(F)(F)F)cc2Cl)c1O. The summed E-state index contributed by atoms with van der Waals surface area (Å²) in [6.07, 6.45) is -0.555. The maximum atomic E-state index is 14.6. The molecule has 4 aromatic heterocycles. The van der Waals surface area contributed by atoms with Crippen molar-refractivity contribution in [2.45, 2.75) is 70.3 Å². The molecule has 1 fully saturated rings. The third-order valence-corrected chi connectivity index (χ3v) is 10.8. The molecule has 5 aromatic rings. The highest BCUT2D eigenvalue weighted by atomic mass is 35.5. The summed E-state index contributed by atoms with van der Waals surface area (Å²) < 4.78 is 44.4. The minimum absolute atomic E-state index is 0.00978. The smallest absolute Gasteiger partial charge is 0.416 e. The highest BCUT2D eigenvalue weighted by Gasteiger charge is 2.49. The summed E-state index contributed by atoms with van der Waals surface area (Å²) in [4.78, 5) is 62.1. The molecule has 20 heteroatoms. The molecule has 1 aromatic carbocycles. The monoisotopic (exact) mass is 752 g/mol. The van der Waals surface area contributed by atoms with E-state index in [1.807, 2.05) is 11.8 Å². The Morgan fingerprint density at radius 2 is 1.87 bits per heavy atom. The van der Waals surface area contributed by atoms with Crippen molar-refractivity contribution >= 4 is 40.8 Å². The summed E-state index contributed by atoms with van der Waals surface area (Å²) in [7, 11) is 0. The first kappa shape index (κ1) is 34.5. The molecule has 1 aliphatic carbocycles. The number of piperidine rings is 1. The Kier molecular flexibility index (Phi) is 8.15. The van der Waals surface area contributed by atoms with Crippen LogP contribution in [0.5, 0.6) is 5.75 Å². The average molecular weight is 753 g/mol. The van der Waals surface area contributed by atoms with Gasteiger partial charge in [-0.05, 0) is 50.3 Å². The highest BCUT2D eigenvalue weighted by molar-refractivity contribution is 6.33. The molecular formula is C33H32ClF3N12O4. The first-order valence-corrected chi connectivity index (χ1v) is 17.2. The van der Waals surface area contributed by atoms with Gasteiger partial charge >= 0.3 is 6.18 Å². The Hall–Kier alpha value is -5.59. The van der Waals surface area contributed by atoms with E-state index in [-0.39, 0.29) is 70.7 Å². The molecule has 2 N–H and O–H groups in total. The van der Waals surface area contributed by atoms with E-state index in [2.05, 4.69) is 30.5 Å². The number of carbonyl (C=O) groups is 2. The van der Waals surface area contributed by atoms with Crippen molar-refractivity contribution in [2.75, 3.05) is 29.9 Å². The van der Waals surface area contributed by atoms with Gasteiger partial charge in [-0.2, -0.15) is 27.8 Å². The molecule has 3 aliphatic rings. The van der Waals surface area contributed by atoms with Crippen molar-refractivity contribution < 1.29 is 27.9 Å². The molecule has 6 heterocycles. The number of amides is 2. The molecule has 0 radical (unpaired) electrons. The fourth-order valence-corrected chi connectivity index (χ4v) is 8.10. The number of rotatable bonds is 5. The van der Waals surface area contributed by atoms with Gasteiger partial charge in [-0.25, -0.2) is 19.6 Å². The lowest BCUT2D eigenvalue weighted by Gasteiger charge is -2.39. The summed E-state index contributed by atoms with van der Waals surface area (Å²) in [5.41, 5.74) is -0.774. The van der Waals surface area contributed by atoms with E-state index in [4.69, 9.17) is 16.6 Å². The van der Waals surface area contributed by atoms with Gasteiger partial charge in [0.25, 0.3) is 11.5 Å². The van der Waals surface area contributed by atoms with E-state index in [0.717, 1.165) is 18.2 Å². The number of anilines is 2. The van der Waals surface area contributed by atoms with Crippen LogP contribution in [0, 0.1) is 6.92 Å². The average Bonchev–Trinajstić information content (AvgIpc) is 3.85. The van der Waals surface area contributed by atoms with Gasteiger partial charge in [0.1, 0.15) is 25.0 Å². The number of aromatic nitrogens is 9. The minimum atomic E-state index is -4.62. The van der Waals surface area contributed by atoms with E-state index >= 15 is 0 Å². The van der Waals surface area contributed by atoms with Gasteiger partial charge in [-0.1, -0.05) is 18.5 Å². The summed E-state index contributed by atoms with van der Waals surface area (Å²) >= 11 is 6.16. The molecule has 2 amide bonds. The molecule has 1 unspecified atom stereocenters. The lowest BCUT2D eigenvalue weighted by Crippen LogP contribution is -2.46. The van der Waals surface area contributed by atoms with Crippen LogP contribution in [-0.2, 0) is 36.0 Å². The topological polar surface area (TPSA) is 182 Å². The second-order valence-corrected chi connectivity index (χ2v) is 14.1. The number of benzene rings is 1. The third-order valence-electron chi connectivity index (χ3n) is 10.4. The number of nitrogens with zero attached hydrogens (tertiary/aromatic N) is 11. The number of halogens is 4. The quantitative estimate of drug-likeness (QED) is 0.269. The standard InChI is InChI=1S/C33H32ClF3N12O4/c1-17-12-32(5-7-45(8-6-32)29(53)25-27(51)18(2)38-15-40-25)24-26(17)47(14-23(50)42-21-4-3-19(11-20(21)34)33(35,36)37)31-43-30(44-49(31)28(24)52)46-9-10-48-22(13-46)39-16-41-48/h3-4,11,15-17,51H,5-10,12-14H2,1-2H3,(H,42,50). The number of nitrogens with one attached hydrogen (secondary N) is 1. The van der Waals surface area contributed by atoms with E-state index in [1.54, 1.807) is 21.1 Å². The van der Waals surface area contributed by atoms with Crippen LogP contribution in [0.1, 0.15) is 70.9 Å². The Balaban J connectivity index is 1.17. The van der Waals surface area contributed by atoms with Crippen molar-refractivity contribution in [1.29, 1.82) is 0 Å². The molecule has 2 aliphatic heterocycles. The van der Waals surface area contributed by atoms with Crippen LogP contribution < -0.4 is 15.8 Å². The minimum Gasteiger partial charge on any atom is -0.504 e. The van der Waals surface area contributed by atoms with Gasteiger partial charge < -0.3 is 24.8 Å². The molecule has 8 rings (SSSR count). The number of hydrogen-bond acceptors (Lipinski definition) is 11. The van der Waals surface area contributed by atoms with Crippen LogP contribution in [0.2, 0.25) is 5.02 Å². The summed E-state index contributed by atoms with van der Waals surface area (Å²) in [6, 6.07) is 2.66. The van der Waals surface area contributed by atoms with Crippen molar-refractivity contribution in [1.82, 2.24) is 48.8 Å². The zero-order valence-corrected chi connectivity index (χ0v) is 29.2. The predicted octanol–water partition coefficient (Wildman–Crippen LogP) is 3.30. The second-order valence-electron chi connectivity index (χ2n) is 13.7. The molecular weight excluding hydrogens is 721 g/mol. The van der Waals surface area contributed by atoms with Crippen LogP contribution >= 0.6 is 11.6 Å². The summed E-state index contributed by atoms with van der Waals surface area (Å²) in [6.45, 7) is 5.06. The fourth-order valence-electron chi connectivity index (χ4n) is 7.87. The molecule has 0 saturated carbocycles. The number of aryl methyl sites for hydroxylation is 1. The van der Waals surface area contributed by atoms with Gasteiger partial charge in [0.15, 0.2) is 11.4 Å². The van der Waals surface area contributed by atoms with Crippen molar-refractivity contribution in [3.05, 3.63) is 80.3 Å². The van der Waals surface area contributed by atoms with E-state index in [9.17, 15) is 32.7 Å². The largest absolute Gasteiger partial charge is 0.504 e. The highest BCUT2D eigenvalue weighted by Crippen LogP contribution is 2.50. The van der Waals surface area contributed by atoms with E-state index in [1.165, 1.54) is 17.2 Å².